The topological polar surface area (TPSA) is 76.8 Å². The Hall–Kier alpha value is -2.28. The minimum atomic E-state index is -3.55. The van der Waals surface area contributed by atoms with Gasteiger partial charge in [-0.2, -0.15) is 8.42 Å². The van der Waals surface area contributed by atoms with Crippen LogP contribution in [0.15, 0.2) is 47.1 Å². The molecule has 26 heavy (non-hydrogen) atoms. The van der Waals surface area contributed by atoms with Gasteiger partial charge in [0.1, 0.15) is 11.5 Å². The first-order chi connectivity index (χ1) is 12.3. The van der Waals surface area contributed by atoms with Crippen molar-refractivity contribution in [1.29, 1.82) is 0 Å². The second kappa shape index (κ2) is 8.89. The molecular weight excluding hydrogens is 354 g/mol. The maximum atomic E-state index is 12.6. The normalized spacial score (nSPS) is 11.5. The Kier molecular flexibility index (Phi) is 6.85. The Balaban J connectivity index is 2.10. The van der Waals surface area contributed by atoms with Crippen molar-refractivity contribution in [2.45, 2.75) is 40.3 Å². The maximum Gasteiger partial charge on any atom is 0.308 e. The SMILES string of the molecule is CCS(=O)(=O)Oc1ccc(CN(Cc2ccco2)C(=O)CC(C)C)cc1. The van der Waals surface area contributed by atoms with Gasteiger partial charge in [-0.15, -0.1) is 0 Å². The van der Waals surface area contributed by atoms with E-state index < -0.39 is 10.1 Å². The molecule has 0 aliphatic rings. The molecule has 0 spiro atoms. The van der Waals surface area contributed by atoms with Gasteiger partial charge in [-0.1, -0.05) is 26.0 Å². The average molecular weight is 379 g/mol. The van der Waals surface area contributed by atoms with Gasteiger partial charge < -0.3 is 13.5 Å². The van der Waals surface area contributed by atoms with Gasteiger partial charge in [-0.3, -0.25) is 4.79 Å². The van der Waals surface area contributed by atoms with E-state index in [0.717, 1.165) is 11.3 Å². The van der Waals surface area contributed by atoms with Gasteiger partial charge in [-0.05, 0) is 42.7 Å². The van der Waals surface area contributed by atoms with Crippen molar-refractivity contribution in [2.75, 3.05) is 5.75 Å². The van der Waals surface area contributed by atoms with Crippen molar-refractivity contribution < 1.29 is 21.8 Å². The minimum absolute atomic E-state index is 0.0466. The average Bonchev–Trinajstić information content (AvgIpc) is 3.08. The van der Waals surface area contributed by atoms with Gasteiger partial charge in [0, 0.05) is 13.0 Å². The molecule has 1 heterocycles. The fourth-order valence-electron chi connectivity index (χ4n) is 2.38. The predicted molar refractivity (Wildman–Crippen MR) is 98.9 cm³/mol. The van der Waals surface area contributed by atoms with Gasteiger partial charge in [0.05, 0.1) is 18.6 Å². The molecule has 1 aromatic carbocycles. The van der Waals surface area contributed by atoms with Crippen LogP contribution >= 0.6 is 0 Å². The van der Waals surface area contributed by atoms with Crippen molar-refractivity contribution in [2.24, 2.45) is 5.92 Å². The van der Waals surface area contributed by atoms with Crippen molar-refractivity contribution in [3.05, 3.63) is 54.0 Å². The smallest absolute Gasteiger partial charge is 0.308 e. The lowest BCUT2D eigenvalue weighted by Crippen LogP contribution is -2.30. The van der Waals surface area contributed by atoms with Gasteiger partial charge in [0.25, 0.3) is 0 Å². The summed E-state index contributed by atoms with van der Waals surface area (Å²) in [4.78, 5) is 14.3. The maximum absolute atomic E-state index is 12.6. The fraction of sp³-hybridized carbons (Fsp3) is 0.421. The van der Waals surface area contributed by atoms with Crippen molar-refractivity contribution in [3.63, 3.8) is 0 Å². The Morgan fingerprint density at radius 2 is 1.85 bits per heavy atom. The van der Waals surface area contributed by atoms with Crippen molar-refractivity contribution >= 4 is 16.0 Å². The van der Waals surface area contributed by atoms with E-state index in [2.05, 4.69) is 0 Å². The summed E-state index contributed by atoms with van der Waals surface area (Å²) in [6, 6.07) is 10.3. The summed E-state index contributed by atoms with van der Waals surface area (Å²) in [6.45, 7) is 6.33. The van der Waals surface area contributed by atoms with E-state index in [1.807, 2.05) is 19.9 Å². The zero-order valence-electron chi connectivity index (χ0n) is 15.3. The van der Waals surface area contributed by atoms with Crippen LogP contribution in [-0.4, -0.2) is 25.0 Å². The Bertz CT molecular complexity index is 795. The molecule has 1 aromatic heterocycles. The molecule has 0 N–H and O–H groups in total. The van der Waals surface area contributed by atoms with Gasteiger partial charge in [-0.25, -0.2) is 0 Å². The summed E-state index contributed by atoms with van der Waals surface area (Å²) >= 11 is 0. The van der Waals surface area contributed by atoms with E-state index in [-0.39, 0.29) is 23.3 Å². The molecule has 0 saturated heterocycles. The minimum Gasteiger partial charge on any atom is -0.467 e. The quantitative estimate of drug-likeness (QED) is 0.622. The lowest BCUT2D eigenvalue weighted by atomic mass is 10.1. The van der Waals surface area contributed by atoms with Crippen LogP contribution in [-0.2, 0) is 28.0 Å². The molecule has 6 nitrogen and oxygen atoms in total. The first-order valence-electron chi connectivity index (χ1n) is 8.60. The Morgan fingerprint density at radius 1 is 1.15 bits per heavy atom. The second-order valence-electron chi connectivity index (χ2n) is 6.50. The molecule has 0 bridgehead atoms. The van der Waals surface area contributed by atoms with Gasteiger partial charge >= 0.3 is 10.1 Å². The van der Waals surface area contributed by atoms with Crippen LogP contribution in [0.1, 0.15) is 38.5 Å². The number of carbonyl (C=O) groups is 1. The van der Waals surface area contributed by atoms with E-state index in [1.54, 1.807) is 41.5 Å². The summed E-state index contributed by atoms with van der Waals surface area (Å²) in [5.41, 5.74) is 0.884. The van der Waals surface area contributed by atoms with E-state index in [0.29, 0.717) is 19.5 Å². The van der Waals surface area contributed by atoms with Crippen LogP contribution in [0, 0.1) is 5.92 Å². The summed E-state index contributed by atoms with van der Waals surface area (Å²) in [5, 5.41) is 0. The second-order valence-corrected chi connectivity index (χ2v) is 8.36. The number of carbonyl (C=O) groups excluding carboxylic acids is 1. The number of rotatable bonds is 9. The number of amides is 1. The third kappa shape index (κ3) is 6.22. The lowest BCUT2D eigenvalue weighted by Gasteiger charge is -2.23. The molecule has 0 unspecified atom stereocenters. The Morgan fingerprint density at radius 3 is 2.38 bits per heavy atom. The van der Waals surface area contributed by atoms with E-state index in [1.165, 1.54) is 6.92 Å². The highest BCUT2D eigenvalue weighted by Gasteiger charge is 2.17. The number of benzene rings is 1. The van der Waals surface area contributed by atoms with E-state index >= 15 is 0 Å². The number of nitrogens with zero attached hydrogens (tertiary/aromatic N) is 1. The monoisotopic (exact) mass is 379 g/mol. The molecule has 2 aromatic rings. The lowest BCUT2D eigenvalue weighted by molar-refractivity contribution is -0.133. The van der Waals surface area contributed by atoms with Gasteiger partial charge in [0.15, 0.2) is 0 Å². The molecule has 1 amide bonds. The highest BCUT2D eigenvalue weighted by molar-refractivity contribution is 7.87. The first kappa shape index (κ1) is 20.0. The molecule has 0 aliphatic carbocycles. The van der Waals surface area contributed by atoms with E-state index in [9.17, 15) is 13.2 Å². The van der Waals surface area contributed by atoms with Crippen LogP contribution < -0.4 is 4.18 Å². The first-order valence-corrected chi connectivity index (χ1v) is 10.2. The van der Waals surface area contributed by atoms with Crippen LogP contribution in [0.3, 0.4) is 0 Å². The molecule has 0 fully saturated rings. The Labute approximate surface area is 154 Å². The fourth-order valence-corrected chi connectivity index (χ4v) is 2.90. The van der Waals surface area contributed by atoms with Crippen molar-refractivity contribution in [1.82, 2.24) is 4.90 Å². The summed E-state index contributed by atoms with van der Waals surface area (Å²) in [7, 11) is -3.55. The van der Waals surface area contributed by atoms with Crippen LogP contribution in [0.4, 0.5) is 0 Å². The molecule has 0 saturated carbocycles. The number of hydrogen-bond donors (Lipinski definition) is 0. The predicted octanol–water partition coefficient (Wildman–Crippen LogP) is 3.58. The standard InChI is InChI=1S/C19H25NO5S/c1-4-26(22,23)25-17-9-7-16(8-10-17)13-20(19(21)12-15(2)3)14-18-6-5-11-24-18/h5-11,15H,4,12-14H2,1-3H3. The summed E-state index contributed by atoms with van der Waals surface area (Å²) in [5.74, 6) is 1.20. The molecule has 0 atom stereocenters. The number of furan rings is 1. The molecule has 142 valence electrons. The molecule has 0 radical (unpaired) electrons. The molecule has 2 rings (SSSR count). The van der Waals surface area contributed by atoms with Gasteiger partial charge in [0.2, 0.25) is 5.91 Å². The van der Waals surface area contributed by atoms with Crippen molar-refractivity contribution in [3.8, 4) is 5.75 Å². The zero-order chi connectivity index (χ0) is 19.2. The molecule has 0 aliphatic heterocycles. The third-order valence-corrected chi connectivity index (χ3v) is 4.89. The number of hydrogen-bond acceptors (Lipinski definition) is 5. The summed E-state index contributed by atoms with van der Waals surface area (Å²) in [6.07, 6.45) is 2.04. The highest BCUT2D eigenvalue weighted by Crippen LogP contribution is 2.18. The third-order valence-electron chi connectivity index (χ3n) is 3.74. The zero-order valence-corrected chi connectivity index (χ0v) is 16.2. The summed E-state index contributed by atoms with van der Waals surface area (Å²) < 4.78 is 33.4. The van der Waals surface area contributed by atoms with Crippen LogP contribution in [0.5, 0.6) is 5.75 Å². The van der Waals surface area contributed by atoms with Crippen LogP contribution in [0.2, 0.25) is 0 Å². The molecule has 7 heteroatoms. The van der Waals surface area contributed by atoms with E-state index in [4.69, 9.17) is 8.60 Å². The largest absolute Gasteiger partial charge is 0.467 e. The molecular formula is C19H25NO5S. The van der Waals surface area contributed by atoms with Crippen LogP contribution in [0.25, 0.3) is 0 Å². The highest BCUT2D eigenvalue weighted by atomic mass is 32.2.